The van der Waals surface area contributed by atoms with Crippen LogP contribution in [0, 0.1) is 18.7 Å². The molecule has 23 heavy (non-hydrogen) atoms. The van der Waals surface area contributed by atoms with Gasteiger partial charge in [-0.25, -0.2) is 4.39 Å². The standard InChI is InChI=1S/C17H20FN3O2/c1-10-8-14-12(9-13(10)18)15(22)20-17(19-14)4-6-21(7-5-17)16(23)11-2-3-11/h8-9,11,19H,2-7H2,1H3,(H,20,22). The third-order valence-electron chi connectivity index (χ3n) is 5.13. The first kappa shape index (κ1) is 14.5. The number of piperidine rings is 1. The maximum Gasteiger partial charge on any atom is 0.255 e. The predicted molar refractivity (Wildman–Crippen MR) is 83.5 cm³/mol. The summed E-state index contributed by atoms with van der Waals surface area (Å²) in [6, 6.07) is 2.97. The van der Waals surface area contributed by atoms with Crippen molar-refractivity contribution in [2.45, 2.75) is 38.3 Å². The van der Waals surface area contributed by atoms with E-state index in [-0.39, 0.29) is 23.5 Å². The molecule has 1 aliphatic carbocycles. The molecule has 1 aromatic rings. The maximum atomic E-state index is 13.7. The molecule has 2 aliphatic heterocycles. The number of carbonyl (C=O) groups excluding carboxylic acids is 2. The number of carbonyl (C=O) groups is 2. The number of amides is 2. The fraction of sp³-hybridized carbons (Fsp3) is 0.529. The third kappa shape index (κ3) is 2.46. The average Bonchev–Trinajstić information content (AvgIpc) is 3.34. The molecule has 0 aromatic heterocycles. The lowest BCUT2D eigenvalue weighted by molar-refractivity contribution is -0.134. The van der Waals surface area contributed by atoms with E-state index in [0.717, 1.165) is 12.8 Å². The summed E-state index contributed by atoms with van der Waals surface area (Å²) in [5.74, 6) is -0.147. The second-order valence-electron chi connectivity index (χ2n) is 6.91. The Kier molecular flexibility index (Phi) is 3.11. The molecule has 2 fully saturated rings. The highest BCUT2D eigenvalue weighted by atomic mass is 19.1. The summed E-state index contributed by atoms with van der Waals surface area (Å²) in [5.41, 5.74) is 1.00. The van der Waals surface area contributed by atoms with Gasteiger partial charge in [-0.3, -0.25) is 9.59 Å². The number of benzene rings is 1. The Labute approximate surface area is 134 Å². The zero-order chi connectivity index (χ0) is 16.2. The Bertz CT molecular complexity index is 691. The van der Waals surface area contributed by atoms with Crippen LogP contribution in [0.15, 0.2) is 12.1 Å². The largest absolute Gasteiger partial charge is 0.362 e. The molecular formula is C17H20FN3O2. The van der Waals surface area contributed by atoms with Gasteiger partial charge >= 0.3 is 0 Å². The number of fused-ring (bicyclic) bond motifs is 1. The summed E-state index contributed by atoms with van der Waals surface area (Å²) in [6.07, 6.45) is 3.33. The number of halogens is 1. The minimum Gasteiger partial charge on any atom is -0.362 e. The van der Waals surface area contributed by atoms with Crippen molar-refractivity contribution < 1.29 is 14.0 Å². The number of anilines is 1. The monoisotopic (exact) mass is 317 g/mol. The summed E-state index contributed by atoms with van der Waals surface area (Å²) >= 11 is 0. The molecular weight excluding hydrogens is 297 g/mol. The summed E-state index contributed by atoms with van der Waals surface area (Å²) in [4.78, 5) is 26.4. The number of hydrogen-bond acceptors (Lipinski definition) is 3. The van der Waals surface area contributed by atoms with Gasteiger partial charge in [0.25, 0.3) is 5.91 Å². The van der Waals surface area contributed by atoms with Gasteiger partial charge in [0.05, 0.1) is 5.56 Å². The van der Waals surface area contributed by atoms with Crippen LogP contribution in [-0.2, 0) is 4.79 Å². The molecule has 1 aromatic carbocycles. The Morgan fingerprint density at radius 1 is 1.26 bits per heavy atom. The molecule has 2 heterocycles. The fourth-order valence-electron chi connectivity index (χ4n) is 3.49. The van der Waals surface area contributed by atoms with Crippen molar-refractivity contribution in [3.05, 3.63) is 29.1 Å². The molecule has 0 atom stereocenters. The van der Waals surface area contributed by atoms with E-state index in [1.807, 2.05) is 4.90 Å². The molecule has 1 spiro atoms. The fourth-order valence-corrected chi connectivity index (χ4v) is 3.49. The number of aryl methyl sites for hydroxylation is 1. The predicted octanol–water partition coefficient (Wildman–Crippen LogP) is 2.02. The highest BCUT2D eigenvalue weighted by Crippen LogP contribution is 2.35. The molecule has 0 unspecified atom stereocenters. The van der Waals surface area contributed by atoms with Crippen molar-refractivity contribution >= 4 is 17.5 Å². The third-order valence-corrected chi connectivity index (χ3v) is 5.13. The summed E-state index contributed by atoms with van der Waals surface area (Å²) in [5, 5.41) is 6.36. The highest BCUT2D eigenvalue weighted by molar-refractivity contribution is 6.02. The van der Waals surface area contributed by atoms with Gasteiger partial charge in [-0.1, -0.05) is 0 Å². The van der Waals surface area contributed by atoms with E-state index in [0.29, 0.717) is 42.7 Å². The van der Waals surface area contributed by atoms with Crippen molar-refractivity contribution in [2.24, 2.45) is 5.92 Å². The molecule has 4 rings (SSSR count). The van der Waals surface area contributed by atoms with Crippen LogP contribution in [0.2, 0.25) is 0 Å². The molecule has 1 saturated heterocycles. The van der Waals surface area contributed by atoms with E-state index in [4.69, 9.17) is 0 Å². The topological polar surface area (TPSA) is 61.4 Å². The molecule has 2 N–H and O–H groups in total. The molecule has 2 amide bonds. The van der Waals surface area contributed by atoms with Crippen LogP contribution in [0.25, 0.3) is 0 Å². The molecule has 3 aliphatic rings. The maximum absolute atomic E-state index is 13.7. The zero-order valence-electron chi connectivity index (χ0n) is 13.1. The van der Waals surface area contributed by atoms with E-state index in [1.165, 1.54) is 6.07 Å². The van der Waals surface area contributed by atoms with Crippen LogP contribution >= 0.6 is 0 Å². The summed E-state index contributed by atoms with van der Waals surface area (Å²) in [6.45, 7) is 2.96. The highest BCUT2D eigenvalue weighted by Gasteiger charge is 2.43. The molecule has 1 saturated carbocycles. The van der Waals surface area contributed by atoms with E-state index in [1.54, 1.807) is 13.0 Å². The number of likely N-dealkylation sites (tertiary alicyclic amines) is 1. The number of hydrogen-bond donors (Lipinski definition) is 2. The van der Waals surface area contributed by atoms with Gasteiger partial charge in [0.15, 0.2) is 0 Å². The summed E-state index contributed by atoms with van der Waals surface area (Å²) < 4.78 is 13.7. The minimum atomic E-state index is -0.533. The smallest absolute Gasteiger partial charge is 0.255 e. The SMILES string of the molecule is Cc1cc2c(cc1F)C(=O)NC1(CCN(C(=O)C3CC3)CC1)N2. The molecule has 0 radical (unpaired) electrons. The van der Waals surface area contributed by atoms with Crippen molar-refractivity contribution in [1.29, 1.82) is 0 Å². The number of nitrogens with zero attached hydrogens (tertiary/aromatic N) is 1. The molecule has 5 nitrogen and oxygen atoms in total. The van der Waals surface area contributed by atoms with Gasteiger partial charge in [-0.05, 0) is 37.5 Å². The van der Waals surface area contributed by atoms with Crippen LogP contribution in [0.4, 0.5) is 10.1 Å². The lowest BCUT2D eigenvalue weighted by Gasteiger charge is -2.46. The van der Waals surface area contributed by atoms with Gasteiger partial charge in [0, 0.05) is 37.5 Å². The van der Waals surface area contributed by atoms with E-state index in [2.05, 4.69) is 10.6 Å². The van der Waals surface area contributed by atoms with E-state index >= 15 is 0 Å². The van der Waals surface area contributed by atoms with Crippen molar-refractivity contribution in [1.82, 2.24) is 10.2 Å². The first-order chi connectivity index (χ1) is 11.0. The average molecular weight is 317 g/mol. The second kappa shape index (κ2) is 4.94. The number of nitrogens with one attached hydrogen (secondary N) is 2. The Morgan fingerprint density at radius 2 is 1.96 bits per heavy atom. The van der Waals surface area contributed by atoms with E-state index < -0.39 is 5.66 Å². The Hall–Kier alpha value is -2.11. The first-order valence-electron chi connectivity index (χ1n) is 8.17. The van der Waals surface area contributed by atoms with E-state index in [9.17, 15) is 14.0 Å². The minimum absolute atomic E-state index is 0.226. The van der Waals surface area contributed by atoms with Gasteiger partial charge in [-0.2, -0.15) is 0 Å². The summed E-state index contributed by atoms with van der Waals surface area (Å²) in [7, 11) is 0. The van der Waals surface area contributed by atoms with Crippen LogP contribution in [0.5, 0.6) is 0 Å². The molecule has 0 bridgehead atoms. The Morgan fingerprint density at radius 3 is 2.61 bits per heavy atom. The van der Waals surface area contributed by atoms with Gasteiger partial charge in [0.2, 0.25) is 5.91 Å². The normalized spacial score (nSPS) is 22.3. The molecule has 122 valence electrons. The molecule has 6 heteroatoms. The van der Waals surface area contributed by atoms with Crippen LogP contribution in [-0.4, -0.2) is 35.5 Å². The number of rotatable bonds is 1. The first-order valence-corrected chi connectivity index (χ1v) is 8.17. The van der Waals surface area contributed by atoms with Crippen molar-refractivity contribution in [2.75, 3.05) is 18.4 Å². The van der Waals surface area contributed by atoms with Gasteiger partial charge in [-0.15, -0.1) is 0 Å². The second-order valence-corrected chi connectivity index (χ2v) is 6.91. The lowest BCUT2D eigenvalue weighted by Crippen LogP contribution is -2.62. The van der Waals surface area contributed by atoms with Gasteiger partial charge in [0.1, 0.15) is 11.5 Å². The quantitative estimate of drug-likeness (QED) is 0.833. The Balaban J connectivity index is 1.53. The van der Waals surface area contributed by atoms with Crippen LogP contribution in [0.3, 0.4) is 0 Å². The van der Waals surface area contributed by atoms with Crippen molar-refractivity contribution in [3.63, 3.8) is 0 Å². The lowest BCUT2D eigenvalue weighted by atomic mass is 9.91. The van der Waals surface area contributed by atoms with Gasteiger partial charge < -0.3 is 15.5 Å². The van der Waals surface area contributed by atoms with Crippen molar-refractivity contribution in [3.8, 4) is 0 Å². The van der Waals surface area contributed by atoms with Crippen LogP contribution < -0.4 is 10.6 Å². The van der Waals surface area contributed by atoms with Crippen LogP contribution in [0.1, 0.15) is 41.6 Å². The zero-order valence-corrected chi connectivity index (χ0v) is 13.1.